The Morgan fingerprint density at radius 1 is 0.846 bits per heavy atom. The Bertz CT molecular complexity index is 829. The SMILES string of the molecule is COc1ccc(C2C(=O)c3cc(OC)c(OC)cc3CC2O)cc1OC. The van der Waals surface area contributed by atoms with E-state index in [1.54, 1.807) is 37.4 Å². The van der Waals surface area contributed by atoms with Gasteiger partial charge in [-0.05, 0) is 35.4 Å². The van der Waals surface area contributed by atoms with Crippen LogP contribution in [0.25, 0.3) is 0 Å². The zero-order valence-electron chi connectivity index (χ0n) is 15.2. The minimum Gasteiger partial charge on any atom is -0.493 e. The van der Waals surface area contributed by atoms with Gasteiger partial charge in [-0.25, -0.2) is 0 Å². The van der Waals surface area contributed by atoms with Gasteiger partial charge in [-0.2, -0.15) is 0 Å². The molecule has 6 nitrogen and oxygen atoms in total. The van der Waals surface area contributed by atoms with E-state index in [1.165, 1.54) is 21.3 Å². The van der Waals surface area contributed by atoms with Gasteiger partial charge in [-0.3, -0.25) is 4.79 Å². The maximum absolute atomic E-state index is 13.1. The number of carbonyl (C=O) groups excluding carboxylic acids is 1. The molecule has 0 fully saturated rings. The summed E-state index contributed by atoms with van der Waals surface area (Å²) in [7, 11) is 6.15. The summed E-state index contributed by atoms with van der Waals surface area (Å²) >= 11 is 0. The van der Waals surface area contributed by atoms with Gasteiger partial charge < -0.3 is 24.1 Å². The summed E-state index contributed by atoms with van der Waals surface area (Å²) in [6.45, 7) is 0. The fourth-order valence-electron chi connectivity index (χ4n) is 3.42. The van der Waals surface area contributed by atoms with Gasteiger partial charge in [0.05, 0.1) is 40.5 Å². The number of hydrogen-bond acceptors (Lipinski definition) is 6. The first-order valence-corrected chi connectivity index (χ1v) is 8.23. The average Bonchev–Trinajstić information content (AvgIpc) is 2.66. The molecule has 0 aromatic heterocycles. The maximum atomic E-state index is 13.1. The van der Waals surface area contributed by atoms with Gasteiger partial charge in [0.2, 0.25) is 0 Å². The van der Waals surface area contributed by atoms with Crippen LogP contribution in [0.1, 0.15) is 27.4 Å². The van der Waals surface area contributed by atoms with Crippen LogP contribution in [0.5, 0.6) is 23.0 Å². The summed E-state index contributed by atoms with van der Waals surface area (Å²) in [6.07, 6.45) is -0.494. The molecule has 1 aliphatic carbocycles. The molecule has 2 atom stereocenters. The van der Waals surface area contributed by atoms with E-state index in [9.17, 15) is 9.90 Å². The van der Waals surface area contributed by atoms with Gasteiger partial charge in [0.25, 0.3) is 0 Å². The molecule has 1 aliphatic rings. The average molecular weight is 358 g/mol. The van der Waals surface area contributed by atoms with E-state index in [1.807, 2.05) is 0 Å². The second-order valence-corrected chi connectivity index (χ2v) is 6.09. The van der Waals surface area contributed by atoms with Crippen molar-refractivity contribution in [2.45, 2.75) is 18.4 Å². The van der Waals surface area contributed by atoms with Crippen molar-refractivity contribution in [2.24, 2.45) is 0 Å². The third-order valence-electron chi connectivity index (χ3n) is 4.74. The van der Waals surface area contributed by atoms with Crippen LogP contribution >= 0.6 is 0 Å². The first-order valence-electron chi connectivity index (χ1n) is 8.23. The summed E-state index contributed by atoms with van der Waals surface area (Å²) < 4.78 is 21.2. The zero-order valence-corrected chi connectivity index (χ0v) is 15.2. The Morgan fingerprint density at radius 3 is 2.04 bits per heavy atom. The Balaban J connectivity index is 2.05. The predicted octanol–water partition coefficient (Wildman–Crippen LogP) is 2.60. The van der Waals surface area contributed by atoms with Crippen molar-refractivity contribution >= 4 is 5.78 Å². The maximum Gasteiger partial charge on any atom is 0.173 e. The van der Waals surface area contributed by atoms with E-state index in [2.05, 4.69) is 0 Å². The summed E-state index contributed by atoms with van der Waals surface area (Å²) in [4.78, 5) is 13.1. The predicted molar refractivity (Wildman–Crippen MR) is 95.9 cm³/mol. The Morgan fingerprint density at radius 2 is 1.42 bits per heavy atom. The first-order chi connectivity index (χ1) is 12.5. The number of aliphatic hydroxyl groups is 1. The smallest absolute Gasteiger partial charge is 0.173 e. The van der Waals surface area contributed by atoms with E-state index in [0.717, 1.165) is 5.56 Å². The molecular weight excluding hydrogens is 336 g/mol. The fraction of sp³-hybridized carbons (Fsp3) is 0.350. The molecule has 0 saturated carbocycles. The second kappa shape index (κ2) is 7.25. The van der Waals surface area contributed by atoms with Crippen molar-refractivity contribution in [3.05, 3.63) is 47.0 Å². The lowest BCUT2D eigenvalue weighted by molar-refractivity contribution is 0.0777. The van der Waals surface area contributed by atoms with Crippen molar-refractivity contribution in [1.82, 2.24) is 0 Å². The minimum atomic E-state index is -0.841. The van der Waals surface area contributed by atoms with Crippen LogP contribution in [-0.4, -0.2) is 45.4 Å². The van der Waals surface area contributed by atoms with Gasteiger partial charge in [-0.1, -0.05) is 6.07 Å². The molecular formula is C20H22O6. The molecule has 2 unspecified atom stereocenters. The molecule has 26 heavy (non-hydrogen) atoms. The standard InChI is InChI=1S/C20H22O6/c1-23-15-6-5-11(8-16(15)24-2)19-14(21)7-12-9-17(25-3)18(26-4)10-13(12)20(19)22/h5-6,8-10,14,19,21H,7H2,1-4H3. The van der Waals surface area contributed by atoms with Gasteiger partial charge in [0.1, 0.15) is 0 Å². The number of ketones is 1. The molecule has 2 aromatic rings. The molecule has 2 aromatic carbocycles. The number of fused-ring (bicyclic) bond motifs is 1. The van der Waals surface area contributed by atoms with E-state index in [0.29, 0.717) is 40.5 Å². The quantitative estimate of drug-likeness (QED) is 0.886. The molecule has 6 heteroatoms. The number of methoxy groups -OCH3 is 4. The lowest BCUT2D eigenvalue weighted by Gasteiger charge is -2.29. The van der Waals surface area contributed by atoms with E-state index in [-0.39, 0.29) is 5.78 Å². The van der Waals surface area contributed by atoms with Crippen LogP contribution in [0.15, 0.2) is 30.3 Å². The van der Waals surface area contributed by atoms with Crippen LogP contribution in [-0.2, 0) is 6.42 Å². The third-order valence-corrected chi connectivity index (χ3v) is 4.74. The van der Waals surface area contributed by atoms with Crippen LogP contribution in [0, 0.1) is 0 Å². The highest BCUT2D eigenvalue weighted by Crippen LogP contribution is 2.40. The molecule has 138 valence electrons. The Kier molecular flexibility index (Phi) is 5.04. The van der Waals surface area contributed by atoms with Gasteiger partial charge >= 0.3 is 0 Å². The van der Waals surface area contributed by atoms with Crippen molar-refractivity contribution in [1.29, 1.82) is 0 Å². The van der Waals surface area contributed by atoms with Gasteiger partial charge in [0, 0.05) is 12.0 Å². The fourth-order valence-corrected chi connectivity index (χ4v) is 3.42. The van der Waals surface area contributed by atoms with Crippen LogP contribution < -0.4 is 18.9 Å². The van der Waals surface area contributed by atoms with Crippen LogP contribution in [0.3, 0.4) is 0 Å². The molecule has 3 rings (SSSR count). The highest BCUT2D eigenvalue weighted by atomic mass is 16.5. The molecule has 0 amide bonds. The molecule has 0 heterocycles. The Labute approximate surface area is 152 Å². The number of Topliss-reactive ketones (excluding diaryl/α,β-unsaturated/α-hetero) is 1. The van der Waals surface area contributed by atoms with E-state index >= 15 is 0 Å². The third kappa shape index (κ3) is 2.97. The largest absolute Gasteiger partial charge is 0.493 e. The van der Waals surface area contributed by atoms with Crippen LogP contribution in [0.2, 0.25) is 0 Å². The molecule has 0 spiro atoms. The molecule has 0 radical (unpaired) electrons. The highest BCUT2D eigenvalue weighted by Gasteiger charge is 2.37. The molecule has 0 saturated heterocycles. The van der Waals surface area contributed by atoms with E-state index < -0.39 is 12.0 Å². The summed E-state index contributed by atoms with van der Waals surface area (Å²) in [5, 5.41) is 10.7. The van der Waals surface area contributed by atoms with Crippen molar-refractivity contribution in [3.63, 3.8) is 0 Å². The van der Waals surface area contributed by atoms with Gasteiger partial charge in [0.15, 0.2) is 28.8 Å². The van der Waals surface area contributed by atoms with Crippen LogP contribution in [0.4, 0.5) is 0 Å². The van der Waals surface area contributed by atoms with E-state index in [4.69, 9.17) is 18.9 Å². The van der Waals surface area contributed by atoms with Crippen molar-refractivity contribution in [3.8, 4) is 23.0 Å². The lowest BCUT2D eigenvalue weighted by atomic mass is 9.77. The number of rotatable bonds is 5. The monoisotopic (exact) mass is 358 g/mol. The minimum absolute atomic E-state index is 0.160. The molecule has 0 aliphatic heterocycles. The normalized spacial score (nSPS) is 18.9. The second-order valence-electron chi connectivity index (χ2n) is 6.09. The van der Waals surface area contributed by atoms with Crippen molar-refractivity contribution in [2.75, 3.05) is 28.4 Å². The number of hydrogen-bond donors (Lipinski definition) is 1. The number of ether oxygens (including phenoxy) is 4. The number of carbonyl (C=O) groups is 1. The molecule has 0 bridgehead atoms. The van der Waals surface area contributed by atoms with Gasteiger partial charge in [-0.15, -0.1) is 0 Å². The van der Waals surface area contributed by atoms with Crippen molar-refractivity contribution < 1.29 is 28.8 Å². The Hall–Kier alpha value is -2.73. The molecule has 1 N–H and O–H groups in total. The topological polar surface area (TPSA) is 74.2 Å². The first kappa shape index (κ1) is 18.1. The summed E-state index contributed by atoms with van der Waals surface area (Å²) in [5.74, 6) is 1.27. The number of aliphatic hydroxyl groups excluding tert-OH is 1. The lowest BCUT2D eigenvalue weighted by Crippen LogP contribution is -2.33. The summed E-state index contributed by atoms with van der Waals surface area (Å²) in [6, 6.07) is 8.67. The highest BCUT2D eigenvalue weighted by molar-refractivity contribution is 6.04. The number of benzene rings is 2. The summed E-state index contributed by atoms with van der Waals surface area (Å²) in [5.41, 5.74) is 1.96. The zero-order chi connectivity index (χ0) is 18.8.